The molecule has 1 N–H and O–H groups in total. The summed E-state index contributed by atoms with van der Waals surface area (Å²) >= 11 is 0. The highest BCUT2D eigenvalue weighted by Gasteiger charge is 2.20. The topological polar surface area (TPSA) is 86.5 Å². The first kappa shape index (κ1) is 19.6. The highest BCUT2D eigenvalue weighted by molar-refractivity contribution is 5.76. The zero-order valence-electron chi connectivity index (χ0n) is 17.6. The Morgan fingerprint density at radius 3 is 2.47 bits per heavy atom. The quantitative estimate of drug-likeness (QED) is 0.478. The van der Waals surface area contributed by atoms with Crippen molar-refractivity contribution < 1.29 is 5.11 Å². The number of phenolic OH excluding ortho intramolecular Hbond substituents is 1. The van der Waals surface area contributed by atoms with Gasteiger partial charge in [0.25, 0.3) is 5.56 Å². The number of benzene rings is 2. The minimum atomic E-state index is -0.422. The maximum Gasteiger partial charge on any atom is 0.332 e. The Labute approximate surface area is 182 Å². The van der Waals surface area contributed by atoms with Gasteiger partial charge in [0.1, 0.15) is 5.75 Å². The molecule has 8 heteroatoms. The molecule has 0 saturated carbocycles. The Balaban J connectivity index is 1.68. The fourth-order valence-corrected chi connectivity index (χ4v) is 3.95. The Kier molecular flexibility index (Phi) is 4.55. The lowest BCUT2D eigenvalue weighted by Gasteiger charge is -2.06. The fourth-order valence-electron chi connectivity index (χ4n) is 3.95. The second-order valence-corrected chi connectivity index (χ2v) is 7.65. The second-order valence-electron chi connectivity index (χ2n) is 7.65. The molecule has 32 heavy (non-hydrogen) atoms. The number of imidazole rings is 2. The van der Waals surface area contributed by atoms with Crippen LogP contribution in [0.2, 0.25) is 0 Å². The summed E-state index contributed by atoms with van der Waals surface area (Å²) in [7, 11) is 1.62. The number of hydrogen-bond acceptors (Lipinski definition) is 4. The average Bonchev–Trinajstić information content (AvgIpc) is 3.31. The minimum absolute atomic E-state index is 0.154. The molecule has 0 aliphatic carbocycles. The Morgan fingerprint density at radius 2 is 1.75 bits per heavy atom. The maximum atomic E-state index is 13.3. The van der Waals surface area contributed by atoms with E-state index < -0.39 is 11.2 Å². The molecule has 160 valence electrons. The smallest absolute Gasteiger partial charge is 0.332 e. The van der Waals surface area contributed by atoms with Gasteiger partial charge in [-0.3, -0.25) is 22.9 Å². The Morgan fingerprint density at radius 1 is 1.03 bits per heavy atom. The van der Waals surface area contributed by atoms with Crippen molar-refractivity contribution >= 4 is 23.0 Å². The number of aryl methyl sites for hydroxylation is 2. The molecular formula is C24H21N5O3. The van der Waals surface area contributed by atoms with Crippen LogP contribution in [0.1, 0.15) is 11.3 Å². The number of allylic oxidation sites excluding steroid dienone is 1. The van der Waals surface area contributed by atoms with E-state index >= 15 is 0 Å². The molecule has 0 atom stereocenters. The molecule has 0 aliphatic heterocycles. The Hall–Kier alpha value is -4.33. The van der Waals surface area contributed by atoms with Crippen molar-refractivity contribution in [3.05, 3.63) is 99.0 Å². The first-order valence-electron chi connectivity index (χ1n) is 10.2. The third kappa shape index (κ3) is 3.04. The number of fused-ring (bicyclic) bond motifs is 3. The number of aromatic nitrogens is 5. The van der Waals surface area contributed by atoms with Gasteiger partial charge in [-0.1, -0.05) is 42.5 Å². The molecule has 3 aromatic heterocycles. The Bertz CT molecular complexity index is 1600. The highest BCUT2D eigenvalue weighted by Crippen LogP contribution is 2.22. The average molecular weight is 427 g/mol. The van der Waals surface area contributed by atoms with Crippen LogP contribution in [0.5, 0.6) is 5.75 Å². The van der Waals surface area contributed by atoms with Crippen LogP contribution in [-0.4, -0.2) is 28.2 Å². The van der Waals surface area contributed by atoms with E-state index in [1.54, 1.807) is 41.8 Å². The summed E-state index contributed by atoms with van der Waals surface area (Å²) in [6.45, 7) is 2.07. The van der Waals surface area contributed by atoms with Crippen LogP contribution in [0, 0.1) is 6.92 Å². The summed E-state index contributed by atoms with van der Waals surface area (Å²) < 4.78 is 6.21. The molecule has 0 fully saturated rings. The van der Waals surface area contributed by atoms with Crippen LogP contribution in [0.15, 0.2) is 76.5 Å². The van der Waals surface area contributed by atoms with E-state index in [0.29, 0.717) is 16.9 Å². The van der Waals surface area contributed by atoms with Crippen LogP contribution in [0.25, 0.3) is 28.7 Å². The fraction of sp³-hybridized carbons (Fsp3) is 0.125. The SMILES string of the molecule is Cc1cn2c3c(=O)n(C/C=C\c4ccccc4)c(=O)n(C)c3nc2n1-c1ccc(O)cc1. The van der Waals surface area contributed by atoms with E-state index in [4.69, 9.17) is 0 Å². The molecular weight excluding hydrogens is 406 g/mol. The summed E-state index contributed by atoms with van der Waals surface area (Å²) in [5.74, 6) is 0.685. The van der Waals surface area contributed by atoms with Gasteiger partial charge in [0.2, 0.25) is 5.78 Å². The van der Waals surface area contributed by atoms with Gasteiger partial charge >= 0.3 is 5.69 Å². The summed E-state index contributed by atoms with van der Waals surface area (Å²) in [5.41, 5.74) is 2.50. The van der Waals surface area contributed by atoms with E-state index in [-0.39, 0.29) is 12.3 Å². The van der Waals surface area contributed by atoms with Crippen molar-refractivity contribution in [2.45, 2.75) is 13.5 Å². The van der Waals surface area contributed by atoms with Gasteiger partial charge in [0.05, 0.1) is 0 Å². The van der Waals surface area contributed by atoms with Crippen LogP contribution in [-0.2, 0) is 13.6 Å². The molecule has 2 aromatic carbocycles. The number of aromatic hydroxyl groups is 1. The van der Waals surface area contributed by atoms with E-state index in [1.807, 2.05) is 54.1 Å². The molecule has 5 aromatic rings. The van der Waals surface area contributed by atoms with Crippen LogP contribution >= 0.6 is 0 Å². The number of nitrogens with zero attached hydrogens (tertiary/aromatic N) is 5. The lowest BCUT2D eigenvalue weighted by Crippen LogP contribution is -2.39. The highest BCUT2D eigenvalue weighted by atomic mass is 16.3. The summed E-state index contributed by atoms with van der Waals surface area (Å²) in [6, 6.07) is 16.4. The monoisotopic (exact) mass is 427 g/mol. The van der Waals surface area contributed by atoms with Gasteiger partial charge in [0.15, 0.2) is 11.2 Å². The van der Waals surface area contributed by atoms with Gasteiger partial charge in [-0.15, -0.1) is 0 Å². The molecule has 0 saturated heterocycles. The molecule has 0 amide bonds. The molecule has 0 unspecified atom stereocenters. The van der Waals surface area contributed by atoms with Crippen molar-refractivity contribution in [2.24, 2.45) is 7.05 Å². The van der Waals surface area contributed by atoms with Crippen molar-refractivity contribution in [3.8, 4) is 11.4 Å². The normalized spacial score (nSPS) is 11.8. The zero-order valence-corrected chi connectivity index (χ0v) is 17.6. The lowest BCUT2D eigenvalue weighted by molar-refractivity contribution is 0.475. The van der Waals surface area contributed by atoms with Gasteiger partial charge < -0.3 is 5.11 Å². The summed E-state index contributed by atoms with van der Waals surface area (Å²) in [4.78, 5) is 30.9. The van der Waals surface area contributed by atoms with E-state index in [2.05, 4.69) is 4.98 Å². The van der Waals surface area contributed by atoms with Gasteiger partial charge in [-0.25, -0.2) is 4.79 Å². The van der Waals surface area contributed by atoms with Crippen LogP contribution in [0.3, 0.4) is 0 Å². The molecule has 0 spiro atoms. The van der Waals surface area contributed by atoms with Gasteiger partial charge in [0, 0.05) is 31.2 Å². The predicted octanol–water partition coefficient (Wildman–Crippen LogP) is 2.87. The number of rotatable bonds is 4. The summed E-state index contributed by atoms with van der Waals surface area (Å²) in [6.07, 6.45) is 5.51. The molecule has 0 bridgehead atoms. The number of phenols is 1. The van der Waals surface area contributed by atoms with E-state index in [9.17, 15) is 14.7 Å². The van der Waals surface area contributed by atoms with Crippen LogP contribution < -0.4 is 11.2 Å². The van der Waals surface area contributed by atoms with E-state index in [0.717, 1.165) is 16.9 Å². The van der Waals surface area contributed by atoms with Crippen molar-refractivity contribution in [3.63, 3.8) is 0 Å². The second kappa shape index (κ2) is 7.42. The maximum absolute atomic E-state index is 13.3. The molecule has 0 radical (unpaired) electrons. The first-order chi connectivity index (χ1) is 15.5. The third-order valence-corrected chi connectivity index (χ3v) is 5.53. The van der Waals surface area contributed by atoms with Crippen molar-refractivity contribution in [1.82, 2.24) is 23.1 Å². The van der Waals surface area contributed by atoms with E-state index in [1.165, 1.54) is 9.13 Å². The van der Waals surface area contributed by atoms with Crippen molar-refractivity contribution in [1.29, 1.82) is 0 Å². The van der Waals surface area contributed by atoms with Gasteiger partial charge in [-0.2, -0.15) is 4.98 Å². The van der Waals surface area contributed by atoms with Crippen LogP contribution in [0.4, 0.5) is 0 Å². The van der Waals surface area contributed by atoms with Gasteiger partial charge in [-0.05, 0) is 36.8 Å². The molecule has 5 rings (SSSR count). The first-order valence-corrected chi connectivity index (χ1v) is 10.2. The van der Waals surface area contributed by atoms with Crippen molar-refractivity contribution in [2.75, 3.05) is 0 Å². The zero-order chi connectivity index (χ0) is 22.4. The molecule has 3 heterocycles. The number of hydrogen-bond donors (Lipinski definition) is 1. The largest absolute Gasteiger partial charge is 0.508 e. The minimum Gasteiger partial charge on any atom is -0.508 e. The predicted molar refractivity (Wildman–Crippen MR) is 123 cm³/mol. The standard InChI is InChI=1S/C24H21N5O3/c1-16-15-28-20-21(25-23(28)29(16)18-10-12-19(30)13-11-18)26(2)24(32)27(22(20)31)14-6-9-17-7-4-3-5-8-17/h3-13,15,30H,14H2,1-2H3/b9-6-. The molecule has 8 nitrogen and oxygen atoms in total. The molecule has 0 aliphatic rings. The lowest BCUT2D eigenvalue weighted by atomic mass is 10.2. The third-order valence-electron chi connectivity index (χ3n) is 5.53. The summed E-state index contributed by atoms with van der Waals surface area (Å²) in [5, 5.41) is 9.61.